The van der Waals surface area contributed by atoms with Crippen LogP contribution < -0.4 is 0 Å². The molecule has 1 fully saturated rings. The number of β-lactam (4-membered cyclic amide) rings is 1. The molecule has 3 N–H and O–H groups in total. The molecule has 0 unspecified atom stereocenters. The number of fused-ring (bicyclic) bond motifs is 1. The number of aliphatic hydroxyl groups excluding tert-OH is 1. The average molecular weight is 299 g/mol. The molecule has 108 valence electrons. The second-order valence-corrected chi connectivity index (χ2v) is 5.58. The SMILES string of the molecule is C[C@H](O)[C@@H]1C(=O)N2C(C(=O)O)=C(SC=CC(=O)O)C[C@H]12. The van der Waals surface area contributed by atoms with E-state index in [2.05, 4.69) is 0 Å². The summed E-state index contributed by atoms with van der Waals surface area (Å²) in [6.45, 7) is 1.50. The molecule has 3 atom stereocenters. The molecule has 2 heterocycles. The minimum absolute atomic E-state index is 0.114. The number of carboxylic acids is 2. The molecule has 2 rings (SSSR count). The van der Waals surface area contributed by atoms with Crippen molar-refractivity contribution in [2.45, 2.75) is 25.5 Å². The van der Waals surface area contributed by atoms with Crippen molar-refractivity contribution in [2.75, 3.05) is 0 Å². The lowest BCUT2D eigenvalue weighted by atomic mass is 9.83. The van der Waals surface area contributed by atoms with Gasteiger partial charge in [-0.25, -0.2) is 9.59 Å². The van der Waals surface area contributed by atoms with Crippen LogP contribution in [0, 0.1) is 5.92 Å². The minimum Gasteiger partial charge on any atom is -0.478 e. The molecule has 0 radical (unpaired) electrons. The van der Waals surface area contributed by atoms with Gasteiger partial charge in [0.25, 0.3) is 0 Å². The molecule has 0 aromatic rings. The molecule has 2 aliphatic rings. The van der Waals surface area contributed by atoms with E-state index >= 15 is 0 Å². The third-order valence-electron chi connectivity index (χ3n) is 3.31. The van der Waals surface area contributed by atoms with Crippen molar-refractivity contribution in [2.24, 2.45) is 5.92 Å². The summed E-state index contributed by atoms with van der Waals surface area (Å²) in [5.74, 6) is -3.35. The smallest absolute Gasteiger partial charge is 0.353 e. The van der Waals surface area contributed by atoms with Crippen LogP contribution in [0.3, 0.4) is 0 Å². The molecule has 0 spiro atoms. The Kier molecular flexibility index (Phi) is 3.87. The zero-order chi connectivity index (χ0) is 15.0. The first kappa shape index (κ1) is 14.6. The normalized spacial score (nSPS) is 26.7. The summed E-state index contributed by atoms with van der Waals surface area (Å²) in [6, 6.07) is -0.352. The number of aliphatic carboxylic acids is 2. The monoisotopic (exact) mass is 299 g/mol. The lowest BCUT2D eigenvalue weighted by Gasteiger charge is -2.44. The van der Waals surface area contributed by atoms with Crippen LogP contribution in [0.4, 0.5) is 0 Å². The second kappa shape index (κ2) is 5.29. The average Bonchev–Trinajstić information content (AvgIpc) is 2.63. The molecule has 0 aromatic carbocycles. The summed E-state index contributed by atoms with van der Waals surface area (Å²) in [7, 11) is 0. The number of nitrogens with zero attached hydrogens (tertiary/aromatic N) is 1. The summed E-state index contributed by atoms with van der Waals surface area (Å²) in [5, 5.41) is 28.5. The molecular formula is C12H13NO6S. The van der Waals surface area contributed by atoms with E-state index in [1.807, 2.05) is 0 Å². The molecular weight excluding hydrogens is 286 g/mol. The number of hydrogen-bond acceptors (Lipinski definition) is 5. The van der Waals surface area contributed by atoms with E-state index in [9.17, 15) is 24.6 Å². The highest BCUT2D eigenvalue weighted by atomic mass is 32.2. The highest BCUT2D eigenvalue weighted by Gasteiger charge is 2.56. The van der Waals surface area contributed by atoms with Gasteiger partial charge in [0.15, 0.2) is 0 Å². The number of carbonyl (C=O) groups is 3. The summed E-state index contributed by atoms with van der Waals surface area (Å²) >= 11 is 0.974. The van der Waals surface area contributed by atoms with Gasteiger partial charge >= 0.3 is 11.9 Å². The Labute approximate surface area is 118 Å². The van der Waals surface area contributed by atoms with Gasteiger partial charge in [-0.1, -0.05) is 11.8 Å². The Hall–Kier alpha value is -1.80. The van der Waals surface area contributed by atoms with Gasteiger partial charge in [0.1, 0.15) is 5.70 Å². The maximum absolute atomic E-state index is 11.9. The van der Waals surface area contributed by atoms with Crippen molar-refractivity contribution in [3.8, 4) is 0 Å². The first-order chi connectivity index (χ1) is 9.34. The van der Waals surface area contributed by atoms with Crippen LogP contribution >= 0.6 is 11.8 Å². The van der Waals surface area contributed by atoms with Gasteiger partial charge in [0, 0.05) is 17.4 Å². The molecule has 2 aliphatic heterocycles. The number of aliphatic hydroxyl groups is 1. The number of rotatable bonds is 5. The molecule has 1 amide bonds. The van der Waals surface area contributed by atoms with Gasteiger partial charge in [0.05, 0.1) is 18.1 Å². The fourth-order valence-corrected chi connectivity index (χ4v) is 3.42. The van der Waals surface area contributed by atoms with E-state index in [-0.39, 0.29) is 11.7 Å². The van der Waals surface area contributed by atoms with E-state index < -0.39 is 29.9 Å². The van der Waals surface area contributed by atoms with Crippen LogP contribution in [0.2, 0.25) is 0 Å². The van der Waals surface area contributed by atoms with Crippen molar-refractivity contribution in [3.05, 3.63) is 22.1 Å². The van der Waals surface area contributed by atoms with Crippen LogP contribution in [0.1, 0.15) is 13.3 Å². The van der Waals surface area contributed by atoms with Gasteiger partial charge in [-0.05, 0) is 12.3 Å². The summed E-state index contributed by atoms with van der Waals surface area (Å²) in [6.07, 6.45) is 0.385. The van der Waals surface area contributed by atoms with Crippen LogP contribution in [0.25, 0.3) is 0 Å². The predicted molar refractivity (Wildman–Crippen MR) is 69.5 cm³/mol. The molecule has 8 heteroatoms. The number of carbonyl (C=O) groups excluding carboxylic acids is 1. The van der Waals surface area contributed by atoms with E-state index in [0.717, 1.165) is 17.8 Å². The molecule has 0 saturated carbocycles. The van der Waals surface area contributed by atoms with Crippen molar-refractivity contribution < 1.29 is 29.7 Å². The Balaban J connectivity index is 2.21. The third kappa shape index (κ3) is 2.32. The Morgan fingerprint density at radius 3 is 2.60 bits per heavy atom. The summed E-state index contributed by atoms with van der Waals surface area (Å²) in [4.78, 5) is 35.1. The molecule has 7 nitrogen and oxygen atoms in total. The van der Waals surface area contributed by atoms with Gasteiger partial charge in [0.2, 0.25) is 5.91 Å². The number of hydrogen-bond donors (Lipinski definition) is 3. The lowest BCUT2D eigenvalue weighted by Crippen LogP contribution is -2.61. The predicted octanol–water partition coefficient (Wildman–Crippen LogP) is 0.226. The van der Waals surface area contributed by atoms with Crippen molar-refractivity contribution in [3.63, 3.8) is 0 Å². The first-order valence-electron chi connectivity index (χ1n) is 5.88. The Bertz CT molecular complexity index is 538. The number of amides is 1. The Morgan fingerprint density at radius 2 is 2.10 bits per heavy atom. The first-order valence-corrected chi connectivity index (χ1v) is 6.76. The quantitative estimate of drug-likeness (QED) is 0.491. The van der Waals surface area contributed by atoms with E-state index in [0.29, 0.717) is 11.3 Å². The zero-order valence-corrected chi connectivity index (χ0v) is 11.3. The van der Waals surface area contributed by atoms with Crippen LogP contribution in [-0.2, 0) is 14.4 Å². The van der Waals surface area contributed by atoms with Crippen LogP contribution in [-0.4, -0.2) is 50.2 Å². The van der Waals surface area contributed by atoms with Crippen LogP contribution in [0.15, 0.2) is 22.1 Å². The topological polar surface area (TPSA) is 115 Å². The van der Waals surface area contributed by atoms with Gasteiger partial charge < -0.3 is 20.2 Å². The van der Waals surface area contributed by atoms with Crippen LogP contribution in [0.5, 0.6) is 0 Å². The molecule has 20 heavy (non-hydrogen) atoms. The van der Waals surface area contributed by atoms with Crippen molar-refractivity contribution in [1.29, 1.82) is 0 Å². The number of thioether (sulfide) groups is 1. The Morgan fingerprint density at radius 1 is 1.45 bits per heavy atom. The molecule has 1 saturated heterocycles. The van der Waals surface area contributed by atoms with E-state index in [1.54, 1.807) is 0 Å². The number of carboxylic acid groups (broad SMARTS) is 2. The molecule has 0 aromatic heterocycles. The standard InChI is InChI=1S/C12H13NO6S/c1-5(14)9-6-4-7(20-3-2-8(15)16)10(12(18)19)13(6)11(9)17/h2-3,5-6,9,14H,4H2,1H3,(H,15,16)(H,18,19)/t5-,6+,9-/m0/s1. The lowest BCUT2D eigenvalue weighted by molar-refractivity contribution is -0.161. The fraction of sp³-hybridized carbons (Fsp3) is 0.417. The molecule has 0 aliphatic carbocycles. The van der Waals surface area contributed by atoms with Gasteiger partial charge in [-0.2, -0.15) is 0 Å². The minimum atomic E-state index is -1.23. The zero-order valence-electron chi connectivity index (χ0n) is 10.5. The fourth-order valence-electron chi connectivity index (χ4n) is 2.51. The van der Waals surface area contributed by atoms with Gasteiger partial charge in [-0.15, -0.1) is 0 Å². The third-order valence-corrected chi connectivity index (χ3v) is 4.23. The highest BCUT2D eigenvalue weighted by Crippen LogP contribution is 2.47. The van der Waals surface area contributed by atoms with Crippen molar-refractivity contribution >= 4 is 29.6 Å². The summed E-state index contributed by atoms with van der Waals surface area (Å²) < 4.78 is 0. The van der Waals surface area contributed by atoms with E-state index in [1.165, 1.54) is 17.2 Å². The largest absolute Gasteiger partial charge is 0.478 e. The maximum atomic E-state index is 11.9. The van der Waals surface area contributed by atoms with Gasteiger partial charge in [-0.3, -0.25) is 4.79 Å². The second-order valence-electron chi connectivity index (χ2n) is 4.58. The highest BCUT2D eigenvalue weighted by molar-refractivity contribution is 8.05. The molecule has 0 bridgehead atoms. The van der Waals surface area contributed by atoms with E-state index in [4.69, 9.17) is 5.11 Å². The maximum Gasteiger partial charge on any atom is 0.353 e. The van der Waals surface area contributed by atoms with Crippen molar-refractivity contribution in [1.82, 2.24) is 4.90 Å². The summed E-state index contributed by atoms with van der Waals surface area (Å²) in [5.41, 5.74) is -0.114.